The number of hydrogen-bond acceptors (Lipinski definition) is 5. The molecule has 2 bridgehead atoms. The second-order valence-corrected chi connectivity index (χ2v) is 12.7. The Labute approximate surface area is 184 Å². The van der Waals surface area contributed by atoms with Gasteiger partial charge in [-0.1, -0.05) is 13.8 Å². The number of hydrogen-bond donors (Lipinski definition) is 3. The molecule has 2 unspecified atom stereocenters. The zero-order valence-corrected chi connectivity index (χ0v) is 20.1. The summed E-state index contributed by atoms with van der Waals surface area (Å²) in [6.07, 6.45) is 2.12. The number of amides is 3. The molecule has 3 heterocycles. The Balaban J connectivity index is 2.11. The van der Waals surface area contributed by atoms with E-state index in [2.05, 4.69) is 17.6 Å². The summed E-state index contributed by atoms with van der Waals surface area (Å²) in [5.74, 6) is -1.23. The van der Waals surface area contributed by atoms with Crippen LogP contribution in [0.4, 0.5) is 0 Å². The molecule has 0 aromatic carbocycles. The van der Waals surface area contributed by atoms with Crippen LogP contribution < -0.4 is 10.6 Å². The molecule has 0 radical (unpaired) electrons. The van der Waals surface area contributed by atoms with Gasteiger partial charge in [0, 0.05) is 17.3 Å². The maximum Gasteiger partial charge on any atom is 0.244 e. The van der Waals surface area contributed by atoms with Gasteiger partial charge in [0.25, 0.3) is 0 Å². The average molecular weight is 440 g/mol. The predicted octanol–water partition coefficient (Wildman–Crippen LogP) is 1.54. The van der Waals surface area contributed by atoms with Gasteiger partial charge >= 0.3 is 0 Å². The molecular weight excluding hydrogens is 402 g/mol. The molecule has 7 nitrogen and oxygen atoms in total. The summed E-state index contributed by atoms with van der Waals surface area (Å²) in [7, 11) is 1.60. The van der Waals surface area contributed by atoms with E-state index in [0.717, 1.165) is 12.8 Å². The Hall–Kier alpha value is -1.28. The third kappa shape index (κ3) is 3.53. The minimum absolute atomic E-state index is 0.133. The summed E-state index contributed by atoms with van der Waals surface area (Å²) >= 11 is 1.65. The first-order valence-corrected chi connectivity index (χ1v) is 11.8. The van der Waals surface area contributed by atoms with Crippen LogP contribution in [0.15, 0.2) is 0 Å². The normalized spacial score (nSPS) is 36.2. The molecule has 3 fully saturated rings. The summed E-state index contributed by atoms with van der Waals surface area (Å²) in [6.45, 7) is 11.7. The van der Waals surface area contributed by atoms with Crippen molar-refractivity contribution in [2.45, 2.75) is 87.9 Å². The largest absolute Gasteiger partial charge is 0.394 e. The van der Waals surface area contributed by atoms with Crippen LogP contribution in [0.5, 0.6) is 0 Å². The molecule has 0 aromatic rings. The summed E-state index contributed by atoms with van der Waals surface area (Å²) in [5, 5.41) is 16.0. The topological polar surface area (TPSA) is 98.7 Å². The van der Waals surface area contributed by atoms with Crippen molar-refractivity contribution in [3.63, 3.8) is 0 Å². The van der Waals surface area contributed by atoms with Crippen molar-refractivity contribution in [2.24, 2.45) is 17.8 Å². The van der Waals surface area contributed by atoms with E-state index in [4.69, 9.17) is 0 Å². The third-order valence-electron chi connectivity index (χ3n) is 6.84. The van der Waals surface area contributed by atoms with Gasteiger partial charge < -0.3 is 20.6 Å². The molecule has 3 amide bonds. The molecule has 3 aliphatic heterocycles. The lowest BCUT2D eigenvalue weighted by molar-refractivity contribution is -0.143. The van der Waals surface area contributed by atoms with Crippen molar-refractivity contribution in [3.05, 3.63) is 0 Å². The molecule has 0 aliphatic carbocycles. The number of carbonyl (C=O) groups excluding carboxylic acids is 3. The first kappa shape index (κ1) is 23.4. The summed E-state index contributed by atoms with van der Waals surface area (Å²) in [4.78, 5) is 42.0. The number of thioether (sulfide) groups is 1. The molecule has 0 saturated carbocycles. The Kier molecular flexibility index (Phi) is 6.00. The summed E-state index contributed by atoms with van der Waals surface area (Å²) in [6, 6.07) is -1.13. The number of likely N-dealkylation sites (tertiary alicyclic amines) is 1. The molecule has 8 heteroatoms. The highest BCUT2D eigenvalue weighted by atomic mass is 32.2. The molecule has 170 valence electrons. The van der Waals surface area contributed by atoms with E-state index in [1.54, 1.807) is 23.7 Å². The van der Waals surface area contributed by atoms with Crippen LogP contribution in [-0.2, 0) is 14.4 Å². The summed E-state index contributed by atoms with van der Waals surface area (Å²) in [5.41, 5.74) is -0.446. The fourth-order valence-electron chi connectivity index (χ4n) is 5.87. The maximum absolute atomic E-state index is 13.8. The Morgan fingerprint density at radius 2 is 1.90 bits per heavy atom. The smallest absolute Gasteiger partial charge is 0.244 e. The first-order valence-electron chi connectivity index (χ1n) is 11.0. The van der Waals surface area contributed by atoms with Crippen LogP contribution in [0.1, 0.15) is 60.8 Å². The average Bonchev–Trinajstić information content (AvgIpc) is 3.18. The van der Waals surface area contributed by atoms with Gasteiger partial charge in [0.05, 0.1) is 29.2 Å². The zero-order valence-electron chi connectivity index (χ0n) is 19.2. The van der Waals surface area contributed by atoms with E-state index in [1.165, 1.54) is 0 Å². The number of nitrogens with one attached hydrogen (secondary N) is 2. The van der Waals surface area contributed by atoms with Crippen LogP contribution >= 0.6 is 11.8 Å². The predicted molar refractivity (Wildman–Crippen MR) is 118 cm³/mol. The SMILES string of the molecule is CNC(=O)[C@@H]1[C@H]2C(=O)N([C@@H](CO)CC(C)C)C(C(=O)NC(C)(C)C)C23CC[C@@]1(C)S3. The van der Waals surface area contributed by atoms with Crippen LogP contribution in [0, 0.1) is 17.8 Å². The molecule has 6 atom stereocenters. The quantitative estimate of drug-likeness (QED) is 0.583. The lowest BCUT2D eigenvalue weighted by atomic mass is 9.66. The Morgan fingerprint density at radius 1 is 1.27 bits per heavy atom. The molecule has 0 aromatic heterocycles. The first-order chi connectivity index (χ1) is 13.8. The van der Waals surface area contributed by atoms with E-state index in [0.29, 0.717) is 6.42 Å². The minimum Gasteiger partial charge on any atom is -0.394 e. The minimum atomic E-state index is -0.688. The van der Waals surface area contributed by atoms with E-state index in [9.17, 15) is 19.5 Å². The molecule has 1 spiro atoms. The van der Waals surface area contributed by atoms with Gasteiger partial charge in [-0.2, -0.15) is 0 Å². The van der Waals surface area contributed by atoms with Gasteiger partial charge in [0.2, 0.25) is 17.7 Å². The van der Waals surface area contributed by atoms with Crippen molar-refractivity contribution in [2.75, 3.05) is 13.7 Å². The number of carbonyl (C=O) groups is 3. The molecule has 3 N–H and O–H groups in total. The maximum atomic E-state index is 13.8. The zero-order chi connectivity index (χ0) is 22.6. The van der Waals surface area contributed by atoms with Gasteiger partial charge in [-0.3, -0.25) is 14.4 Å². The molecular formula is C22H37N3O4S. The second-order valence-electron chi connectivity index (χ2n) is 10.8. The van der Waals surface area contributed by atoms with Gasteiger partial charge in [-0.05, 0) is 52.9 Å². The lowest BCUT2D eigenvalue weighted by Gasteiger charge is -2.39. The van der Waals surface area contributed by atoms with Crippen molar-refractivity contribution >= 4 is 29.5 Å². The number of aliphatic hydroxyl groups is 1. The number of aliphatic hydroxyl groups excluding tert-OH is 1. The fourth-order valence-corrected chi connectivity index (χ4v) is 8.21. The van der Waals surface area contributed by atoms with E-state index in [-0.39, 0.29) is 35.0 Å². The molecule has 3 saturated heterocycles. The Morgan fingerprint density at radius 3 is 2.40 bits per heavy atom. The summed E-state index contributed by atoms with van der Waals surface area (Å²) < 4.78 is -0.998. The van der Waals surface area contributed by atoms with Gasteiger partial charge in [-0.15, -0.1) is 11.8 Å². The fraction of sp³-hybridized carbons (Fsp3) is 0.864. The lowest BCUT2D eigenvalue weighted by Crippen LogP contribution is -2.59. The van der Waals surface area contributed by atoms with Crippen LogP contribution in [0.2, 0.25) is 0 Å². The highest BCUT2D eigenvalue weighted by Crippen LogP contribution is 2.71. The van der Waals surface area contributed by atoms with E-state index >= 15 is 0 Å². The second kappa shape index (κ2) is 7.69. The molecule has 30 heavy (non-hydrogen) atoms. The van der Waals surface area contributed by atoms with Crippen LogP contribution in [0.25, 0.3) is 0 Å². The van der Waals surface area contributed by atoms with Gasteiger partial charge in [0.1, 0.15) is 6.04 Å². The Bertz CT molecular complexity index is 736. The van der Waals surface area contributed by atoms with E-state index in [1.807, 2.05) is 34.6 Å². The standard InChI is InChI=1S/C22H37N3O4S/c1-12(2)10-13(11-26)25-16(18(28)24-20(3,4)5)22-9-8-21(6,30-22)14(17(27)23-7)15(22)19(25)29/h12-16,26H,8-11H2,1-7H3,(H,23,27)(H,24,28)/t13-,14+,15+,16?,21-,22?/m1/s1. The number of fused-ring (bicyclic) bond motifs is 1. The van der Waals surface area contributed by atoms with Crippen LogP contribution in [-0.4, -0.2) is 68.5 Å². The van der Waals surface area contributed by atoms with Gasteiger partial charge in [0.15, 0.2) is 0 Å². The van der Waals surface area contributed by atoms with Crippen molar-refractivity contribution in [3.8, 4) is 0 Å². The van der Waals surface area contributed by atoms with Gasteiger partial charge in [-0.25, -0.2) is 0 Å². The highest BCUT2D eigenvalue weighted by Gasteiger charge is 2.77. The van der Waals surface area contributed by atoms with Crippen molar-refractivity contribution in [1.29, 1.82) is 0 Å². The molecule has 3 rings (SSSR count). The van der Waals surface area contributed by atoms with Crippen LogP contribution in [0.3, 0.4) is 0 Å². The van der Waals surface area contributed by atoms with Crippen molar-refractivity contribution < 1.29 is 19.5 Å². The highest BCUT2D eigenvalue weighted by molar-refractivity contribution is 8.02. The number of rotatable bonds is 6. The number of nitrogens with zero attached hydrogens (tertiary/aromatic N) is 1. The molecule has 3 aliphatic rings. The van der Waals surface area contributed by atoms with Crippen molar-refractivity contribution in [1.82, 2.24) is 15.5 Å². The third-order valence-corrected chi connectivity index (χ3v) is 8.82. The monoisotopic (exact) mass is 439 g/mol. The van der Waals surface area contributed by atoms with E-state index < -0.39 is 34.2 Å².